The number of aryl methyl sites for hydroxylation is 1. The van der Waals surface area contributed by atoms with Crippen LogP contribution in [0.1, 0.15) is 31.9 Å². The Balaban J connectivity index is 2.33. The highest BCUT2D eigenvalue weighted by Gasteiger charge is 2.10. The summed E-state index contributed by atoms with van der Waals surface area (Å²) in [5, 5.41) is 3.51. The lowest BCUT2D eigenvalue weighted by Gasteiger charge is -2.17. The maximum atomic E-state index is 4.40. The first-order valence-corrected chi connectivity index (χ1v) is 6.57. The summed E-state index contributed by atoms with van der Waals surface area (Å²) in [5.41, 5.74) is 2.51. The standard InChI is InChI=1S/C15H21N3/c1-4-14(16-5-2)12-7-6-8-13(11-12)15-17-9-10-18(15)3/h6-11,14,16H,4-5H2,1-3H3. The van der Waals surface area contributed by atoms with Crippen molar-refractivity contribution in [1.29, 1.82) is 0 Å². The van der Waals surface area contributed by atoms with Crippen LogP contribution in [0.3, 0.4) is 0 Å². The average molecular weight is 243 g/mol. The molecule has 1 aromatic carbocycles. The fourth-order valence-electron chi connectivity index (χ4n) is 2.28. The van der Waals surface area contributed by atoms with Crippen molar-refractivity contribution in [3.8, 4) is 11.4 Å². The normalized spacial score (nSPS) is 12.6. The fourth-order valence-corrected chi connectivity index (χ4v) is 2.28. The quantitative estimate of drug-likeness (QED) is 0.874. The van der Waals surface area contributed by atoms with Crippen molar-refractivity contribution in [2.24, 2.45) is 7.05 Å². The third-order valence-corrected chi connectivity index (χ3v) is 3.23. The molecule has 0 bridgehead atoms. The van der Waals surface area contributed by atoms with Crippen LogP contribution in [0.4, 0.5) is 0 Å². The molecule has 2 aromatic rings. The van der Waals surface area contributed by atoms with Crippen LogP contribution in [-0.2, 0) is 7.05 Å². The number of nitrogens with zero attached hydrogens (tertiary/aromatic N) is 2. The molecule has 0 saturated heterocycles. The first-order valence-electron chi connectivity index (χ1n) is 6.57. The Kier molecular flexibility index (Phi) is 4.15. The molecule has 2 rings (SSSR count). The van der Waals surface area contributed by atoms with E-state index in [9.17, 15) is 0 Å². The highest BCUT2D eigenvalue weighted by atomic mass is 15.0. The van der Waals surface area contributed by atoms with Crippen LogP contribution < -0.4 is 5.32 Å². The molecule has 0 spiro atoms. The molecule has 0 saturated carbocycles. The fraction of sp³-hybridized carbons (Fsp3) is 0.400. The van der Waals surface area contributed by atoms with E-state index in [4.69, 9.17) is 0 Å². The second kappa shape index (κ2) is 5.83. The summed E-state index contributed by atoms with van der Waals surface area (Å²) >= 11 is 0. The molecule has 0 radical (unpaired) electrons. The van der Waals surface area contributed by atoms with Crippen molar-refractivity contribution >= 4 is 0 Å². The maximum absolute atomic E-state index is 4.40. The zero-order valence-electron chi connectivity index (χ0n) is 11.4. The van der Waals surface area contributed by atoms with Crippen LogP contribution in [0, 0.1) is 0 Å². The van der Waals surface area contributed by atoms with Gasteiger partial charge >= 0.3 is 0 Å². The third-order valence-electron chi connectivity index (χ3n) is 3.23. The summed E-state index contributed by atoms with van der Waals surface area (Å²) in [5.74, 6) is 1.02. The van der Waals surface area contributed by atoms with Gasteiger partial charge in [0.05, 0.1) is 0 Å². The maximum Gasteiger partial charge on any atom is 0.139 e. The van der Waals surface area contributed by atoms with Crippen LogP contribution >= 0.6 is 0 Å². The number of benzene rings is 1. The van der Waals surface area contributed by atoms with Gasteiger partial charge in [-0.1, -0.05) is 32.0 Å². The van der Waals surface area contributed by atoms with Gasteiger partial charge in [0.25, 0.3) is 0 Å². The molecule has 1 N–H and O–H groups in total. The van der Waals surface area contributed by atoms with Crippen molar-refractivity contribution in [1.82, 2.24) is 14.9 Å². The third kappa shape index (κ3) is 2.62. The van der Waals surface area contributed by atoms with Gasteiger partial charge in [-0.15, -0.1) is 0 Å². The number of hydrogen-bond donors (Lipinski definition) is 1. The van der Waals surface area contributed by atoms with Crippen LogP contribution in [-0.4, -0.2) is 16.1 Å². The number of hydrogen-bond acceptors (Lipinski definition) is 2. The molecular weight excluding hydrogens is 222 g/mol. The Labute approximate surface area is 109 Å². The molecule has 3 nitrogen and oxygen atoms in total. The van der Waals surface area contributed by atoms with Gasteiger partial charge in [0.15, 0.2) is 0 Å². The summed E-state index contributed by atoms with van der Waals surface area (Å²) in [7, 11) is 2.02. The van der Waals surface area contributed by atoms with Gasteiger partial charge in [-0.3, -0.25) is 0 Å². The average Bonchev–Trinajstić information content (AvgIpc) is 2.82. The monoisotopic (exact) mass is 243 g/mol. The summed E-state index contributed by atoms with van der Waals surface area (Å²) in [6.45, 7) is 5.34. The highest BCUT2D eigenvalue weighted by molar-refractivity contribution is 5.57. The van der Waals surface area contributed by atoms with Gasteiger partial charge < -0.3 is 9.88 Å². The number of rotatable bonds is 5. The molecule has 1 aromatic heterocycles. The van der Waals surface area contributed by atoms with Gasteiger partial charge in [0.1, 0.15) is 5.82 Å². The minimum atomic E-state index is 0.426. The first-order chi connectivity index (χ1) is 8.76. The summed E-state index contributed by atoms with van der Waals surface area (Å²) in [4.78, 5) is 4.40. The van der Waals surface area contributed by atoms with E-state index < -0.39 is 0 Å². The Morgan fingerprint density at radius 2 is 2.17 bits per heavy atom. The molecule has 0 amide bonds. The van der Waals surface area contributed by atoms with Crippen LogP contribution in [0.2, 0.25) is 0 Å². The zero-order valence-corrected chi connectivity index (χ0v) is 11.4. The van der Waals surface area contributed by atoms with Crippen LogP contribution in [0.25, 0.3) is 11.4 Å². The summed E-state index contributed by atoms with van der Waals surface area (Å²) in [6.07, 6.45) is 4.91. The van der Waals surface area contributed by atoms with E-state index in [1.54, 1.807) is 0 Å². The SMILES string of the molecule is CCNC(CC)c1cccc(-c2nccn2C)c1. The van der Waals surface area contributed by atoms with Crippen molar-refractivity contribution in [2.75, 3.05) is 6.54 Å². The van der Waals surface area contributed by atoms with Crippen molar-refractivity contribution in [2.45, 2.75) is 26.3 Å². The lowest BCUT2D eigenvalue weighted by molar-refractivity contribution is 0.537. The van der Waals surface area contributed by atoms with E-state index in [0.29, 0.717) is 6.04 Å². The predicted octanol–water partition coefficient (Wildman–Crippen LogP) is 3.15. The van der Waals surface area contributed by atoms with E-state index >= 15 is 0 Å². The summed E-state index contributed by atoms with van der Waals surface area (Å²) in [6, 6.07) is 9.07. The first kappa shape index (κ1) is 12.8. The number of nitrogens with one attached hydrogen (secondary N) is 1. The van der Waals surface area contributed by atoms with Crippen LogP contribution in [0.5, 0.6) is 0 Å². The molecule has 1 heterocycles. The lowest BCUT2D eigenvalue weighted by atomic mass is 10.0. The van der Waals surface area contributed by atoms with E-state index in [1.807, 2.05) is 24.0 Å². The van der Waals surface area contributed by atoms with E-state index in [0.717, 1.165) is 18.8 Å². The van der Waals surface area contributed by atoms with Gasteiger partial charge in [-0.05, 0) is 24.6 Å². The number of imidazole rings is 1. The van der Waals surface area contributed by atoms with Crippen molar-refractivity contribution in [3.63, 3.8) is 0 Å². The van der Waals surface area contributed by atoms with Gasteiger partial charge in [-0.25, -0.2) is 4.98 Å². The Morgan fingerprint density at radius 3 is 2.78 bits per heavy atom. The van der Waals surface area contributed by atoms with Gasteiger partial charge in [0.2, 0.25) is 0 Å². The molecular formula is C15H21N3. The minimum absolute atomic E-state index is 0.426. The predicted molar refractivity (Wildman–Crippen MR) is 75.4 cm³/mol. The van der Waals surface area contributed by atoms with Gasteiger partial charge in [0, 0.05) is 31.0 Å². The van der Waals surface area contributed by atoms with E-state index in [1.165, 1.54) is 11.1 Å². The Hall–Kier alpha value is -1.61. The molecule has 0 aliphatic carbocycles. The molecule has 96 valence electrons. The van der Waals surface area contributed by atoms with E-state index in [2.05, 4.69) is 48.4 Å². The molecule has 1 unspecified atom stereocenters. The summed E-state index contributed by atoms with van der Waals surface area (Å²) < 4.78 is 2.05. The molecule has 18 heavy (non-hydrogen) atoms. The Morgan fingerprint density at radius 1 is 1.33 bits per heavy atom. The second-order valence-electron chi connectivity index (χ2n) is 4.51. The molecule has 0 aliphatic rings. The Bertz CT molecular complexity index is 502. The number of aromatic nitrogens is 2. The molecule has 0 fully saturated rings. The molecule has 3 heteroatoms. The van der Waals surface area contributed by atoms with Crippen molar-refractivity contribution in [3.05, 3.63) is 42.2 Å². The van der Waals surface area contributed by atoms with E-state index in [-0.39, 0.29) is 0 Å². The van der Waals surface area contributed by atoms with Gasteiger partial charge in [-0.2, -0.15) is 0 Å². The zero-order chi connectivity index (χ0) is 13.0. The molecule has 1 atom stereocenters. The van der Waals surface area contributed by atoms with Crippen molar-refractivity contribution < 1.29 is 0 Å². The second-order valence-corrected chi connectivity index (χ2v) is 4.51. The largest absolute Gasteiger partial charge is 0.334 e. The molecule has 0 aliphatic heterocycles. The topological polar surface area (TPSA) is 29.9 Å². The van der Waals surface area contributed by atoms with Crippen LogP contribution in [0.15, 0.2) is 36.7 Å². The highest BCUT2D eigenvalue weighted by Crippen LogP contribution is 2.23. The smallest absolute Gasteiger partial charge is 0.139 e. The minimum Gasteiger partial charge on any atom is -0.334 e. The lowest BCUT2D eigenvalue weighted by Crippen LogP contribution is -2.20.